The number of carbonyl (C=O) groups excluding carboxylic acids is 1. The highest BCUT2D eigenvalue weighted by atomic mass is 32.2. The van der Waals surface area contributed by atoms with E-state index >= 15 is 0 Å². The van der Waals surface area contributed by atoms with Gasteiger partial charge < -0.3 is 10.4 Å². The summed E-state index contributed by atoms with van der Waals surface area (Å²) in [6.07, 6.45) is 62.2. The molecule has 0 bridgehead atoms. The molecule has 55 heavy (non-hydrogen) atoms. The Morgan fingerprint density at radius 1 is 0.509 bits per heavy atom. The Kier molecular flexibility index (Phi) is 38.4. The summed E-state index contributed by atoms with van der Waals surface area (Å²) in [5.74, 6) is -1.08. The molecule has 0 aromatic heterocycles. The molecule has 312 valence electrons. The number of aliphatic hydroxyl groups excluding tert-OH is 1. The van der Waals surface area contributed by atoms with Gasteiger partial charge in [-0.3, -0.25) is 9.35 Å². The van der Waals surface area contributed by atoms with Crippen molar-refractivity contribution in [3.8, 4) is 0 Å². The minimum absolute atomic E-state index is 0.222. The quantitative estimate of drug-likeness (QED) is 0.0331. The van der Waals surface area contributed by atoms with Gasteiger partial charge in [-0.2, -0.15) is 8.42 Å². The molecule has 0 radical (unpaired) electrons. The van der Waals surface area contributed by atoms with Gasteiger partial charge in [-0.15, -0.1) is 0 Å². The lowest BCUT2D eigenvalue weighted by Crippen LogP contribution is -2.46. The van der Waals surface area contributed by atoms with E-state index in [9.17, 15) is 22.9 Å². The summed E-state index contributed by atoms with van der Waals surface area (Å²) >= 11 is 0. The molecule has 1 amide bonds. The van der Waals surface area contributed by atoms with Crippen molar-refractivity contribution >= 4 is 16.0 Å². The van der Waals surface area contributed by atoms with Gasteiger partial charge in [0.05, 0.1) is 17.9 Å². The third kappa shape index (κ3) is 42.0. The molecule has 2 unspecified atom stereocenters. The molecule has 0 aromatic rings. The number of carbonyl (C=O) groups is 1. The van der Waals surface area contributed by atoms with Crippen LogP contribution < -0.4 is 5.32 Å². The molecule has 0 spiro atoms. The molecule has 0 aromatic carbocycles. The zero-order chi connectivity index (χ0) is 40.3. The average molecular weight is 782 g/mol. The second-order valence-corrected chi connectivity index (χ2v) is 15.7. The zero-order valence-corrected chi connectivity index (χ0v) is 35.6. The van der Waals surface area contributed by atoms with Crippen LogP contribution in [0.1, 0.15) is 168 Å². The van der Waals surface area contributed by atoms with Gasteiger partial charge in [0.1, 0.15) is 0 Å². The topological polar surface area (TPSA) is 104 Å². The van der Waals surface area contributed by atoms with Gasteiger partial charge in [-0.05, 0) is 96.3 Å². The second-order valence-electron chi connectivity index (χ2n) is 14.2. The molecule has 2 atom stereocenters. The van der Waals surface area contributed by atoms with Crippen LogP contribution in [0.2, 0.25) is 0 Å². The van der Waals surface area contributed by atoms with E-state index < -0.39 is 28.0 Å². The first-order chi connectivity index (χ1) is 26.8. The van der Waals surface area contributed by atoms with E-state index in [0.29, 0.717) is 12.8 Å². The van der Waals surface area contributed by atoms with Crippen molar-refractivity contribution in [1.29, 1.82) is 0 Å². The third-order valence-electron chi connectivity index (χ3n) is 8.91. The van der Waals surface area contributed by atoms with E-state index in [-0.39, 0.29) is 12.3 Å². The van der Waals surface area contributed by atoms with Gasteiger partial charge in [0.25, 0.3) is 10.1 Å². The lowest BCUT2D eigenvalue weighted by Gasteiger charge is -2.21. The lowest BCUT2D eigenvalue weighted by molar-refractivity contribution is -0.122. The maximum Gasteiger partial charge on any atom is 0.267 e. The fourth-order valence-corrected chi connectivity index (χ4v) is 6.45. The molecule has 6 nitrogen and oxygen atoms in total. The molecule has 0 aliphatic heterocycles. The zero-order valence-electron chi connectivity index (χ0n) is 34.8. The van der Waals surface area contributed by atoms with Crippen LogP contribution in [0.25, 0.3) is 0 Å². The van der Waals surface area contributed by atoms with Crippen molar-refractivity contribution in [1.82, 2.24) is 5.32 Å². The van der Waals surface area contributed by atoms with Crippen molar-refractivity contribution in [2.24, 2.45) is 0 Å². The van der Waals surface area contributed by atoms with Crippen molar-refractivity contribution < 1.29 is 22.9 Å². The summed E-state index contributed by atoms with van der Waals surface area (Å²) in [7, 11) is -4.38. The minimum atomic E-state index is -4.38. The van der Waals surface area contributed by atoms with Crippen LogP contribution >= 0.6 is 0 Å². The van der Waals surface area contributed by atoms with Crippen LogP contribution in [0.15, 0.2) is 109 Å². The first kappa shape index (κ1) is 52.0. The highest BCUT2D eigenvalue weighted by molar-refractivity contribution is 7.85. The molecule has 0 heterocycles. The highest BCUT2D eigenvalue weighted by Crippen LogP contribution is 2.11. The molecule has 0 saturated carbocycles. The van der Waals surface area contributed by atoms with E-state index in [4.69, 9.17) is 0 Å². The summed E-state index contributed by atoms with van der Waals surface area (Å²) in [4.78, 5) is 12.5. The summed E-state index contributed by atoms with van der Waals surface area (Å²) in [5.41, 5.74) is 0. The van der Waals surface area contributed by atoms with Crippen LogP contribution in [0.4, 0.5) is 0 Å². The first-order valence-electron chi connectivity index (χ1n) is 21.6. The van der Waals surface area contributed by atoms with Gasteiger partial charge in [0, 0.05) is 6.42 Å². The minimum Gasteiger partial charge on any atom is -0.387 e. The lowest BCUT2D eigenvalue weighted by atomic mass is 10.1. The number of hydrogen-bond donors (Lipinski definition) is 3. The maximum atomic E-state index is 12.5. The van der Waals surface area contributed by atoms with Crippen molar-refractivity contribution in [3.05, 3.63) is 109 Å². The second kappa shape index (κ2) is 40.7. The summed E-state index contributed by atoms with van der Waals surface area (Å²) in [6.45, 7) is 4.40. The molecule has 0 aliphatic rings. The summed E-state index contributed by atoms with van der Waals surface area (Å²) in [6, 6.07) is -1.11. The van der Waals surface area contributed by atoms with E-state index in [1.807, 2.05) is 0 Å². The number of allylic oxidation sites excluding steroid dienone is 17. The predicted octanol–water partition coefficient (Wildman–Crippen LogP) is 13.1. The van der Waals surface area contributed by atoms with Gasteiger partial charge >= 0.3 is 0 Å². The van der Waals surface area contributed by atoms with Gasteiger partial charge in [-0.1, -0.05) is 175 Å². The van der Waals surface area contributed by atoms with E-state index in [1.54, 1.807) is 6.08 Å². The fourth-order valence-electron chi connectivity index (χ4n) is 5.72. The predicted molar refractivity (Wildman–Crippen MR) is 239 cm³/mol. The monoisotopic (exact) mass is 782 g/mol. The molecular weight excluding hydrogens is 703 g/mol. The molecule has 3 N–H and O–H groups in total. The normalized spacial score (nSPS) is 14.3. The Bertz CT molecular complexity index is 1270. The van der Waals surface area contributed by atoms with E-state index in [0.717, 1.165) is 77.0 Å². The average Bonchev–Trinajstić information content (AvgIpc) is 3.15. The Labute approximate surface area is 338 Å². The van der Waals surface area contributed by atoms with Gasteiger partial charge in [0.2, 0.25) is 5.91 Å². The van der Waals surface area contributed by atoms with Gasteiger partial charge in [0.15, 0.2) is 0 Å². The fraction of sp³-hybridized carbons (Fsp3) is 0.604. The number of rotatable bonds is 37. The first-order valence-corrected chi connectivity index (χ1v) is 23.2. The highest BCUT2D eigenvalue weighted by Gasteiger charge is 2.24. The maximum absolute atomic E-state index is 12.5. The Hall–Kier alpha value is -3.00. The van der Waals surface area contributed by atoms with E-state index in [2.05, 4.69) is 116 Å². The third-order valence-corrected chi connectivity index (χ3v) is 9.69. The molecule has 7 heteroatoms. The summed E-state index contributed by atoms with van der Waals surface area (Å²) in [5, 5.41) is 13.2. The van der Waals surface area contributed by atoms with Crippen LogP contribution in [-0.4, -0.2) is 41.9 Å². The summed E-state index contributed by atoms with van der Waals surface area (Å²) < 4.78 is 32.5. The molecular formula is C48H79NO5S. The van der Waals surface area contributed by atoms with Crippen LogP contribution in [0.5, 0.6) is 0 Å². The number of unbranched alkanes of at least 4 members (excludes halogenated alkanes) is 13. The standard InChI is InChI=1S/C48H79NO5S/c1-3-5-7-9-11-13-15-17-19-21-23-24-26-28-30-32-34-36-38-40-42-44-48(51)49-46(45-55(52,53)54)47(50)43-41-39-37-35-33-31-29-27-25-22-20-18-16-14-12-10-8-6-4-2/h5,7,11,13,17,19,23-25,27-28,30,33-36,41,43,46-47,50H,3-4,6,8-10,12,14-16,18,20-22,26,29,31-32,37-40,42,44-45H2,1-2H3,(H,49,51)(H,52,53,54)/b7-5-,13-11-,19-17-,24-23-,27-25+,30-28-,35-33+,36-34-,43-41+. The Morgan fingerprint density at radius 3 is 1.36 bits per heavy atom. The van der Waals surface area contributed by atoms with Crippen LogP contribution in [0, 0.1) is 0 Å². The Morgan fingerprint density at radius 2 is 0.891 bits per heavy atom. The molecule has 0 fully saturated rings. The number of nitrogens with one attached hydrogen (secondary N) is 1. The van der Waals surface area contributed by atoms with Crippen molar-refractivity contribution in [2.75, 3.05) is 5.75 Å². The number of hydrogen-bond acceptors (Lipinski definition) is 4. The molecule has 0 rings (SSSR count). The van der Waals surface area contributed by atoms with Crippen LogP contribution in [-0.2, 0) is 14.9 Å². The van der Waals surface area contributed by atoms with Crippen molar-refractivity contribution in [3.63, 3.8) is 0 Å². The SMILES string of the molecule is CC/C=C\C/C=C\C/C=C\C/C=C\C/C=C\C/C=C\CCCCC(=O)NC(CS(=O)(=O)O)C(O)/C=C/CC/C=C/CC/C=C/CCCCCCCCCCC. The number of aliphatic hydroxyl groups is 1. The van der Waals surface area contributed by atoms with Crippen LogP contribution in [0.3, 0.4) is 0 Å². The smallest absolute Gasteiger partial charge is 0.267 e. The number of amides is 1. The van der Waals surface area contributed by atoms with Crippen molar-refractivity contribution in [2.45, 2.75) is 180 Å². The van der Waals surface area contributed by atoms with E-state index in [1.165, 1.54) is 63.9 Å². The molecule has 0 aliphatic carbocycles. The molecule has 0 saturated heterocycles. The van der Waals surface area contributed by atoms with Gasteiger partial charge in [-0.25, -0.2) is 0 Å². The Balaban J connectivity index is 4.11. The largest absolute Gasteiger partial charge is 0.387 e.